The number of nitrogens with zero attached hydrogens (tertiary/aromatic N) is 4. The quantitative estimate of drug-likeness (QED) is 0.146. The highest BCUT2D eigenvalue weighted by Gasteiger charge is 2.17. The van der Waals surface area contributed by atoms with Crippen LogP contribution in [-0.4, -0.2) is 42.5 Å². The van der Waals surface area contributed by atoms with Crippen molar-refractivity contribution in [3.63, 3.8) is 0 Å². The number of anilines is 2. The minimum atomic E-state index is -3.57. The van der Waals surface area contributed by atoms with Gasteiger partial charge in [-0.1, -0.05) is 12.1 Å². The largest absolute Gasteiger partial charge is 0.505 e. The highest BCUT2D eigenvalue weighted by molar-refractivity contribution is 7.92. The Kier molecular flexibility index (Phi) is 6.17. The number of phenolic OH excluding ortho intramolecular Hbond substituents is 1. The summed E-state index contributed by atoms with van der Waals surface area (Å²) in [6.07, 6.45) is 2.71. The molecule has 12 heteroatoms. The van der Waals surface area contributed by atoms with Crippen LogP contribution >= 0.6 is 11.5 Å². The zero-order chi connectivity index (χ0) is 22.7. The lowest BCUT2D eigenvalue weighted by Gasteiger charge is -2.15. The number of phenols is 1. The molecule has 10 nitrogen and oxygen atoms in total. The van der Waals surface area contributed by atoms with E-state index in [9.17, 15) is 13.5 Å². The Bertz CT molecular complexity index is 1420. The van der Waals surface area contributed by atoms with E-state index in [1.165, 1.54) is 0 Å². The second-order valence-electron chi connectivity index (χ2n) is 6.77. The molecule has 0 saturated carbocycles. The van der Waals surface area contributed by atoms with Gasteiger partial charge >= 0.3 is 0 Å². The van der Waals surface area contributed by atoms with E-state index in [0.717, 1.165) is 23.2 Å². The molecule has 0 saturated heterocycles. The summed E-state index contributed by atoms with van der Waals surface area (Å²) in [5, 5.41) is 24.7. The lowest BCUT2D eigenvalue weighted by Crippen LogP contribution is -2.10. The van der Waals surface area contributed by atoms with Crippen LogP contribution in [0.15, 0.2) is 52.8 Å². The summed E-state index contributed by atoms with van der Waals surface area (Å²) in [7, 11) is -3.57. The molecule has 166 valence electrons. The van der Waals surface area contributed by atoms with Crippen molar-refractivity contribution in [3.8, 4) is 5.75 Å². The average Bonchev–Trinajstić information content (AvgIpc) is 3.17. The van der Waals surface area contributed by atoms with Crippen LogP contribution in [0.5, 0.6) is 5.75 Å². The van der Waals surface area contributed by atoms with Crippen molar-refractivity contribution < 1.29 is 18.3 Å². The van der Waals surface area contributed by atoms with E-state index in [0.29, 0.717) is 39.4 Å². The highest BCUT2D eigenvalue weighted by atomic mass is 32.2. The molecule has 0 aliphatic carbocycles. The Morgan fingerprint density at radius 1 is 1.16 bits per heavy atom. The molecule has 3 N–H and O–H groups in total. The Morgan fingerprint density at radius 2 is 1.97 bits per heavy atom. The van der Waals surface area contributed by atoms with Gasteiger partial charge in [0.25, 0.3) is 0 Å². The van der Waals surface area contributed by atoms with Gasteiger partial charge in [-0.3, -0.25) is 4.72 Å². The first kappa shape index (κ1) is 21.9. The molecule has 0 spiro atoms. The van der Waals surface area contributed by atoms with Gasteiger partial charge in [-0.25, -0.2) is 13.4 Å². The third kappa shape index (κ3) is 4.61. The number of sulfonamides is 1. The first-order chi connectivity index (χ1) is 15.4. The maximum absolute atomic E-state index is 11.9. The van der Waals surface area contributed by atoms with Crippen LogP contribution in [0.2, 0.25) is 0 Å². The lowest BCUT2D eigenvalue weighted by atomic mass is 10.0. The maximum Gasteiger partial charge on any atom is 0.229 e. The summed E-state index contributed by atoms with van der Waals surface area (Å²) >= 11 is 1.16. The summed E-state index contributed by atoms with van der Waals surface area (Å²) in [6, 6.07) is 10.1. The Hall–Kier alpha value is -3.35. The molecule has 0 radical (unpaired) electrons. The number of nitrogens with one attached hydrogen (secondary N) is 2. The molecular weight excluding hydrogens is 452 g/mol. The number of fused-ring (bicyclic) bond motifs is 2. The number of aromatic hydroxyl groups is 1. The zero-order valence-electron chi connectivity index (χ0n) is 17.2. The fraction of sp³-hybridized carbons (Fsp3) is 0.200. The fourth-order valence-electron chi connectivity index (χ4n) is 3.12. The SMILES string of the molecule is CCOCNc1cc(N=Nc2snc3ncccc23)c2c(NS(C)(=O)=O)cccc2c1O. The minimum Gasteiger partial charge on any atom is -0.505 e. The average molecular weight is 473 g/mol. The van der Waals surface area contributed by atoms with E-state index in [4.69, 9.17) is 4.74 Å². The normalized spacial score (nSPS) is 12.1. The predicted octanol–water partition coefficient (Wildman–Crippen LogP) is 4.74. The molecule has 32 heavy (non-hydrogen) atoms. The molecule has 0 atom stereocenters. The Morgan fingerprint density at radius 3 is 2.75 bits per heavy atom. The first-order valence-corrected chi connectivity index (χ1v) is 12.2. The second kappa shape index (κ2) is 9.02. The molecule has 0 bridgehead atoms. The summed E-state index contributed by atoms with van der Waals surface area (Å²) in [6.45, 7) is 2.54. The van der Waals surface area contributed by atoms with Crippen molar-refractivity contribution in [1.29, 1.82) is 0 Å². The molecule has 4 aromatic rings. The third-order valence-corrected chi connectivity index (χ3v) is 5.79. The van der Waals surface area contributed by atoms with E-state index in [1.54, 1.807) is 36.5 Å². The molecule has 2 aromatic carbocycles. The summed E-state index contributed by atoms with van der Waals surface area (Å²) in [5.41, 5.74) is 1.59. The summed E-state index contributed by atoms with van der Waals surface area (Å²) < 4.78 is 35.9. The number of ether oxygens (including phenoxy) is 1. The van der Waals surface area contributed by atoms with Crippen LogP contribution in [0, 0.1) is 0 Å². The number of benzene rings is 2. The molecule has 0 aliphatic heterocycles. The fourth-order valence-corrected chi connectivity index (χ4v) is 4.34. The van der Waals surface area contributed by atoms with Gasteiger partial charge in [0.2, 0.25) is 10.0 Å². The van der Waals surface area contributed by atoms with Crippen LogP contribution in [0.4, 0.5) is 22.1 Å². The van der Waals surface area contributed by atoms with Gasteiger partial charge in [-0.05, 0) is 42.7 Å². The topological polar surface area (TPSA) is 138 Å². The number of aromatic nitrogens is 2. The standard InChI is InChI=1S/C20H20N6O4S2/c1-3-30-11-22-16-10-15(23-24-20-13-7-5-9-21-19(13)25-31-20)17-12(18(16)27)6-4-8-14(17)26-32(2,28)29/h4-10,22,26-27H,3,11H2,1-2H3. The third-order valence-electron chi connectivity index (χ3n) is 4.46. The van der Waals surface area contributed by atoms with Crippen LogP contribution in [0.25, 0.3) is 21.8 Å². The Labute approximate surface area is 188 Å². The van der Waals surface area contributed by atoms with Crippen molar-refractivity contribution in [3.05, 3.63) is 42.6 Å². The molecule has 0 fully saturated rings. The molecule has 4 rings (SSSR count). The van der Waals surface area contributed by atoms with Crippen molar-refractivity contribution in [2.45, 2.75) is 6.92 Å². The van der Waals surface area contributed by atoms with Crippen molar-refractivity contribution in [2.75, 3.05) is 29.6 Å². The van der Waals surface area contributed by atoms with Gasteiger partial charge in [0, 0.05) is 23.6 Å². The number of hydrogen-bond acceptors (Lipinski definition) is 10. The van der Waals surface area contributed by atoms with E-state index in [1.807, 2.05) is 13.0 Å². The van der Waals surface area contributed by atoms with Gasteiger partial charge in [0.1, 0.15) is 12.5 Å². The molecule has 0 unspecified atom stereocenters. The lowest BCUT2D eigenvalue weighted by molar-refractivity contribution is 0.166. The zero-order valence-corrected chi connectivity index (χ0v) is 18.9. The molecule has 0 amide bonds. The smallest absolute Gasteiger partial charge is 0.229 e. The van der Waals surface area contributed by atoms with E-state index in [2.05, 4.69) is 29.6 Å². The van der Waals surface area contributed by atoms with Gasteiger partial charge < -0.3 is 15.2 Å². The highest BCUT2D eigenvalue weighted by Crippen LogP contribution is 2.44. The molecule has 0 aliphatic rings. The van der Waals surface area contributed by atoms with Crippen LogP contribution in [-0.2, 0) is 14.8 Å². The summed E-state index contributed by atoms with van der Waals surface area (Å²) in [5.74, 6) is -0.0526. The first-order valence-electron chi connectivity index (χ1n) is 9.57. The van der Waals surface area contributed by atoms with Crippen LogP contribution in [0.1, 0.15) is 6.92 Å². The van der Waals surface area contributed by atoms with Gasteiger partial charge in [-0.2, -0.15) is 4.37 Å². The van der Waals surface area contributed by atoms with Crippen molar-refractivity contribution >= 4 is 65.4 Å². The van der Waals surface area contributed by atoms with Gasteiger partial charge in [0.05, 0.1) is 28.7 Å². The van der Waals surface area contributed by atoms with Crippen molar-refractivity contribution in [1.82, 2.24) is 9.36 Å². The monoisotopic (exact) mass is 472 g/mol. The molecule has 2 aromatic heterocycles. The number of hydrogen-bond donors (Lipinski definition) is 3. The second-order valence-corrected chi connectivity index (χ2v) is 9.27. The van der Waals surface area contributed by atoms with Crippen LogP contribution in [0.3, 0.4) is 0 Å². The van der Waals surface area contributed by atoms with E-state index in [-0.39, 0.29) is 18.2 Å². The number of rotatable bonds is 8. The molecule has 2 heterocycles. The number of azo groups is 1. The molecular formula is C20H20N6O4S2. The van der Waals surface area contributed by atoms with Gasteiger partial charge in [0.15, 0.2) is 10.6 Å². The van der Waals surface area contributed by atoms with Gasteiger partial charge in [-0.15, -0.1) is 10.2 Å². The van der Waals surface area contributed by atoms with E-state index < -0.39 is 10.0 Å². The van der Waals surface area contributed by atoms with Crippen LogP contribution < -0.4 is 10.0 Å². The van der Waals surface area contributed by atoms with E-state index >= 15 is 0 Å². The van der Waals surface area contributed by atoms with Crippen molar-refractivity contribution in [2.24, 2.45) is 10.2 Å². The summed E-state index contributed by atoms with van der Waals surface area (Å²) in [4.78, 5) is 4.19. The minimum absolute atomic E-state index is 0.0526. The maximum atomic E-state index is 11.9. The Balaban J connectivity index is 1.88. The predicted molar refractivity (Wildman–Crippen MR) is 126 cm³/mol. The number of pyridine rings is 1.